The van der Waals surface area contributed by atoms with Gasteiger partial charge in [-0.1, -0.05) is 12.1 Å². The number of carbonyl (C=O) groups is 1. The molecule has 1 amide bonds. The van der Waals surface area contributed by atoms with Crippen LogP contribution in [0.25, 0.3) is 16.8 Å². The van der Waals surface area contributed by atoms with Crippen molar-refractivity contribution in [3.8, 4) is 17.0 Å². The summed E-state index contributed by atoms with van der Waals surface area (Å²) in [6, 6.07) is 7.55. The number of hydrogen-bond donors (Lipinski definition) is 1. The molecule has 0 bridgehead atoms. The number of aromatic nitrogens is 3. The quantitative estimate of drug-likeness (QED) is 0.699. The molecule has 0 saturated carbocycles. The molecule has 0 aliphatic heterocycles. The Labute approximate surface area is 139 Å². The summed E-state index contributed by atoms with van der Waals surface area (Å²) >= 11 is 0. The van der Waals surface area contributed by atoms with Gasteiger partial charge in [-0.05, 0) is 12.1 Å². The lowest BCUT2D eigenvalue weighted by molar-refractivity contribution is 0.0926. The molecular weight excluding hydrogens is 308 g/mol. The van der Waals surface area contributed by atoms with Crippen molar-refractivity contribution < 1.29 is 14.3 Å². The zero-order chi connectivity index (χ0) is 16.9. The van der Waals surface area contributed by atoms with Crippen molar-refractivity contribution in [1.82, 2.24) is 19.7 Å². The molecule has 0 radical (unpaired) electrons. The molecule has 0 saturated heterocycles. The minimum Gasteiger partial charge on any atom is -0.496 e. The molecule has 3 aromatic rings. The molecule has 0 fully saturated rings. The fourth-order valence-corrected chi connectivity index (χ4v) is 2.48. The standard InChI is InChI=1S/C17H18N4O3/c1-23-10-8-19-17(22)16-20-15(13-11-18-7-9-21(13)16)12-5-3-4-6-14(12)24-2/h3-7,9,11H,8,10H2,1-2H3,(H,19,22). The van der Waals surface area contributed by atoms with Crippen LogP contribution in [0.3, 0.4) is 0 Å². The third kappa shape index (κ3) is 2.93. The number of carbonyl (C=O) groups excluding carboxylic acids is 1. The summed E-state index contributed by atoms with van der Waals surface area (Å²) in [5.41, 5.74) is 2.19. The zero-order valence-corrected chi connectivity index (χ0v) is 13.5. The van der Waals surface area contributed by atoms with Gasteiger partial charge in [0.25, 0.3) is 5.91 Å². The first-order valence-corrected chi connectivity index (χ1v) is 7.49. The predicted molar refractivity (Wildman–Crippen MR) is 89.2 cm³/mol. The molecule has 7 heteroatoms. The van der Waals surface area contributed by atoms with Gasteiger partial charge in [-0.2, -0.15) is 0 Å². The van der Waals surface area contributed by atoms with Gasteiger partial charge >= 0.3 is 0 Å². The first-order valence-electron chi connectivity index (χ1n) is 7.49. The van der Waals surface area contributed by atoms with Crippen molar-refractivity contribution in [2.75, 3.05) is 27.4 Å². The van der Waals surface area contributed by atoms with E-state index in [2.05, 4.69) is 15.3 Å². The average Bonchev–Trinajstić information content (AvgIpc) is 3.01. The molecule has 3 rings (SSSR count). The lowest BCUT2D eigenvalue weighted by Crippen LogP contribution is -2.28. The molecule has 0 atom stereocenters. The highest BCUT2D eigenvalue weighted by molar-refractivity contribution is 5.94. The van der Waals surface area contributed by atoms with E-state index in [1.54, 1.807) is 37.2 Å². The van der Waals surface area contributed by atoms with Gasteiger partial charge in [0.05, 0.1) is 25.4 Å². The monoisotopic (exact) mass is 326 g/mol. The number of methoxy groups -OCH3 is 2. The lowest BCUT2D eigenvalue weighted by atomic mass is 10.1. The molecule has 124 valence electrons. The van der Waals surface area contributed by atoms with E-state index < -0.39 is 0 Å². The third-order valence-corrected chi connectivity index (χ3v) is 3.60. The molecule has 0 unspecified atom stereocenters. The van der Waals surface area contributed by atoms with Crippen LogP contribution in [0.1, 0.15) is 10.6 Å². The molecular formula is C17H18N4O3. The summed E-state index contributed by atoms with van der Waals surface area (Å²) in [7, 11) is 3.19. The first-order chi connectivity index (χ1) is 11.8. The fraction of sp³-hybridized carbons (Fsp3) is 0.235. The molecule has 2 aromatic heterocycles. The average molecular weight is 326 g/mol. The second-order valence-electron chi connectivity index (χ2n) is 5.06. The SMILES string of the molecule is COCCNC(=O)c1nc(-c2ccccc2OC)c2cnccn12. The third-order valence-electron chi connectivity index (χ3n) is 3.60. The van der Waals surface area contributed by atoms with E-state index in [-0.39, 0.29) is 5.91 Å². The van der Waals surface area contributed by atoms with Crippen LogP contribution in [0.2, 0.25) is 0 Å². The number of para-hydroxylation sites is 1. The Morgan fingerprint density at radius 1 is 1.29 bits per heavy atom. The normalized spacial score (nSPS) is 10.8. The van der Waals surface area contributed by atoms with Crippen molar-refractivity contribution in [1.29, 1.82) is 0 Å². The largest absolute Gasteiger partial charge is 0.496 e. The number of imidazole rings is 1. The molecule has 24 heavy (non-hydrogen) atoms. The van der Waals surface area contributed by atoms with Gasteiger partial charge in [0.2, 0.25) is 5.82 Å². The molecule has 0 spiro atoms. The number of nitrogens with zero attached hydrogens (tertiary/aromatic N) is 3. The van der Waals surface area contributed by atoms with Crippen molar-refractivity contribution in [2.45, 2.75) is 0 Å². The number of hydrogen-bond acceptors (Lipinski definition) is 5. The maximum Gasteiger partial charge on any atom is 0.287 e. The highest BCUT2D eigenvalue weighted by Gasteiger charge is 2.20. The zero-order valence-electron chi connectivity index (χ0n) is 13.5. The molecule has 1 aromatic carbocycles. The molecule has 1 N–H and O–H groups in total. The van der Waals surface area contributed by atoms with E-state index in [1.165, 1.54) is 0 Å². The van der Waals surface area contributed by atoms with E-state index in [1.807, 2.05) is 24.3 Å². The molecule has 0 aliphatic carbocycles. The highest BCUT2D eigenvalue weighted by atomic mass is 16.5. The number of amides is 1. The second kappa shape index (κ2) is 7.10. The minimum atomic E-state index is -0.269. The van der Waals surface area contributed by atoms with Crippen LogP contribution >= 0.6 is 0 Å². The maximum absolute atomic E-state index is 12.4. The summed E-state index contributed by atoms with van der Waals surface area (Å²) in [5.74, 6) is 0.714. The Kier molecular flexibility index (Phi) is 4.72. The van der Waals surface area contributed by atoms with Crippen LogP contribution in [0.15, 0.2) is 42.9 Å². The van der Waals surface area contributed by atoms with Crippen LogP contribution in [0.5, 0.6) is 5.75 Å². The van der Waals surface area contributed by atoms with Crippen molar-refractivity contribution in [3.63, 3.8) is 0 Å². The fourth-order valence-electron chi connectivity index (χ4n) is 2.48. The van der Waals surface area contributed by atoms with E-state index in [0.29, 0.717) is 30.4 Å². The topological polar surface area (TPSA) is 77.8 Å². The van der Waals surface area contributed by atoms with E-state index in [0.717, 1.165) is 11.1 Å². The van der Waals surface area contributed by atoms with Crippen molar-refractivity contribution in [3.05, 3.63) is 48.7 Å². The van der Waals surface area contributed by atoms with Crippen LogP contribution in [-0.4, -0.2) is 47.6 Å². The summed E-state index contributed by atoms with van der Waals surface area (Å²) < 4.78 is 12.1. The predicted octanol–water partition coefficient (Wildman–Crippen LogP) is 1.78. The smallest absolute Gasteiger partial charge is 0.287 e. The van der Waals surface area contributed by atoms with Gasteiger partial charge in [-0.15, -0.1) is 0 Å². The van der Waals surface area contributed by atoms with Gasteiger partial charge < -0.3 is 14.8 Å². The van der Waals surface area contributed by atoms with E-state index >= 15 is 0 Å². The lowest BCUT2D eigenvalue weighted by Gasteiger charge is -2.05. The van der Waals surface area contributed by atoms with Crippen molar-refractivity contribution >= 4 is 11.4 Å². The number of ether oxygens (including phenoxy) is 2. The van der Waals surface area contributed by atoms with Gasteiger partial charge in [-0.3, -0.25) is 14.2 Å². The Morgan fingerprint density at radius 2 is 2.12 bits per heavy atom. The Hall–Kier alpha value is -2.93. The van der Waals surface area contributed by atoms with Crippen LogP contribution in [0.4, 0.5) is 0 Å². The Balaban J connectivity index is 2.08. The van der Waals surface area contributed by atoms with Gasteiger partial charge in [0.1, 0.15) is 11.4 Å². The molecule has 2 heterocycles. The van der Waals surface area contributed by atoms with Gasteiger partial charge in [0, 0.05) is 31.6 Å². The number of rotatable bonds is 6. The number of benzene rings is 1. The van der Waals surface area contributed by atoms with Crippen molar-refractivity contribution in [2.24, 2.45) is 0 Å². The Bertz CT molecular complexity index is 860. The van der Waals surface area contributed by atoms with Gasteiger partial charge in [0.15, 0.2) is 0 Å². The summed E-state index contributed by atoms with van der Waals surface area (Å²) in [6.07, 6.45) is 5.01. The summed E-state index contributed by atoms with van der Waals surface area (Å²) in [4.78, 5) is 21.1. The minimum absolute atomic E-state index is 0.269. The maximum atomic E-state index is 12.4. The number of nitrogens with one attached hydrogen (secondary N) is 1. The molecule has 7 nitrogen and oxygen atoms in total. The highest BCUT2D eigenvalue weighted by Crippen LogP contribution is 2.32. The van der Waals surface area contributed by atoms with Gasteiger partial charge in [-0.25, -0.2) is 4.98 Å². The molecule has 0 aliphatic rings. The second-order valence-corrected chi connectivity index (χ2v) is 5.06. The summed E-state index contributed by atoms with van der Waals surface area (Å²) in [5, 5.41) is 2.79. The Morgan fingerprint density at radius 3 is 2.92 bits per heavy atom. The summed E-state index contributed by atoms with van der Waals surface area (Å²) in [6.45, 7) is 0.856. The van der Waals surface area contributed by atoms with E-state index in [9.17, 15) is 4.79 Å². The van der Waals surface area contributed by atoms with Crippen LogP contribution < -0.4 is 10.1 Å². The first kappa shape index (κ1) is 15.9. The van der Waals surface area contributed by atoms with Crippen LogP contribution in [0, 0.1) is 0 Å². The van der Waals surface area contributed by atoms with E-state index in [4.69, 9.17) is 9.47 Å². The number of fused-ring (bicyclic) bond motifs is 1. The van der Waals surface area contributed by atoms with Crippen LogP contribution in [-0.2, 0) is 4.74 Å².